The highest BCUT2D eigenvalue weighted by Crippen LogP contribution is 2.22. The quantitative estimate of drug-likeness (QED) is 0.807. The molecule has 2 aromatic rings. The Balaban J connectivity index is 1.51. The van der Waals surface area contributed by atoms with Gasteiger partial charge in [0.25, 0.3) is 11.5 Å². The first-order valence-electron chi connectivity index (χ1n) is 9.45. The monoisotopic (exact) mass is 400 g/mol. The number of halogens is 1. The fraction of sp³-hybridized carbons (Fsp3) is 0.400. The molecule has 0 unspecified atom stereocenters. The molecule has 1 aromatic heterocycles. The Kier molecular flexibility index (Phi) is 5.39. The zero-order valence-electron chi connectivity index (χ0n) is 15.7. The molecule has 0 radical (unpaired) electrons. The van der Waals surface area contributed by atoms with Gasteiger partial charge in [0, 0.05) is 31.7 Å². The summed E-state index contributed by atoms with van der Waals surface area (Å²) in [6.07, 6.45) is 2.48. The van der Waals surface area contributed by atoms with Crippen LogP contribution in [0.5, 0.6) is 0 Å². The molecule has 2 aliphatic heterocycles. The minimum Gasteiger partial charge on any atom is -0.379 e. The van der Waals surface area contributed by atoms with E-state index in [2.05, 4.69) is 9.97 Å². The number of hydrogen-bond acceptors (Lipinski definition) is 5. The highest BCUT2D eigenvalue weighted by molar-refractivity contribution is 5.92. The van der Waals surface area contributed by atoms with Crippen molar-refractivity contribution in [1.82, 2.24) is 19.8 Å². The Morgan fingerprint density at radius 2 is 2.10 bits per heavy atom. The summed E-state index contributed by atoms with van der Waals surface area (Å²) in [5, 5.41) is 0. The zero-order chi connectivity index (χ0) is 20.4. The van der Waals surface area contributed by atoms with Crippen LogP contribution in [0.25, 0.3) is 0 Å². The SMILES string of the molecule is O=C(Cc1cccc(F)c1)N1C[C@@H]2COC[C@H](C1)N(C(=O)c1c[nH]c(=O)cn1)C2. The second kappa shape index (κ2) is 8.12. The molecule has 1 aromatic carbocycles. The number of rotatable bonds is 3. The predicted octanol–water partition coefficient (Wildman–Crippen LogP) is 0.451. The van der Waals surface area contributed by atoms with E-state index in [1.807, 2.05) is 0 Å². The van der Waals surface area contributed by atoms with Crippen LogP contribution in [0.3, 0.4) is 0 Å². The van der Waals surface area contributed by atoms with Crippen LogP contribution in [0, 0.1) is 11.7 Å². The number of aromatic amines is 1. The van der Waals surface area contributed by atoms with Gasteiger partial charge in [-0.1, -0.05) is 12.1 Å². The molecule has 9 heteroatoms. The molecule has 152 valence electrons. The Morgan fingerprint density at radius 3 is 2.86 bits per heavy atom. The lowest BCUT2D eigenvalue weighted by Crippen LogP contribution is -2.48. The number of H-pyrrole nitrogens is 1. The molecule has 2 saturated heterocycles. The number of benzene rings is 1. The summed E-state index contributed by atoms with van der Waals surface area (Å²) in [5.41, 5.74) is 0.384. The van der Waals surface area contributed by atoms with Crippen molar-refractivity contribution in [3.8, 4) is 0 Å². The van der Waals surface area contributed by atoms with Gasteiger partial charge in [-0.3, -0.25) is 14.4 Å². The van der Waals surface area contributed by atoms with Gasteiger partial charge in [0.05, 0.1) is 31.9 Å². The predicted molar refractivity (Wildman–Crippen MR) is 101 cm³/mol. The van der Waals surface area contributed by atoms with E-state index in [9.17, 15) is 18.8 Å². The lowest BCUT2D eigenvalue weighted by atomic mass is 10.1. The molecule has 29 heavy (non-hydrogen) atoms. The number of fused-ring (bicyclic) bond motifs is 3. The largest absolute Gasteiger partial charge is 0.379 e. The second-order valence-corrected chi connectivity index (χ2v) is 7.42. The first-order chi connectivity index (χ1) is 14.0. The molecule has 0 aliphatic carbocycles. The Labute approximate surface area is 166 Å². The van der Waals surface area contributed by atoms with Crippen molar-refractivity contribution >= 4 is 11.8 Å². The average molecular weight is 400 g/mol. The summed E-state index contributed by atoms with van der Waals surface area (Å²) in [6.45, 7) is 2.00. The van der Waals surface area contributed by atoms with Crippen molar-refractivity contribution < 1.29 is 18.7 Å². The maximum absolute atomic E-state index is 13.4. The molecular weight excluding hydrogens is 379 g/mol. The van der Waals surface area contributed by atoms with Gasteiger partial charge in [-0.2, -0.15) is 0 Å². The number of carbonyl (C=O) groups is 2. The molecule has 2 amide bonds. The molecule has 3 heterocycles. The van der Waals surface area contributed by atoms with Crippen molar-refractivity contribution in [2.24, 2.45) is 5.92 Å². The summed E-state index contributed by atoms with van der Waals surface area (Å²) in [7, 11) is 0. The van der Waals surface area contributed by atoms with E-state index in [1.165, 1.54) is 18.3 Å². The van der Waals surface area contributed by atoms with E-state index in [4.69, 9.17) is 4.74 Å². The van der Waals surface area contributed by atoms with Gasteiger partial charge >= 0.3 is 0 Å². The lowest BCUT2D eigenvalue weighted by molar-refractivity contribution is -0.132. The van der Waals surface area contributed by atoms with Crippen molar-refractivity contribution in [3.63, 3.8) is 0 Å². The van der Waals surface area contributed by atoms with Crippen LogP contribution in [0.2, 0.25) is 0 Å². The molecule has 4 rings (SSSR count). The minimum atomic E-state index is -0.381. The highest BCUT2D eigenvalue weighted by Gasteiger charge is 2.37. The Hall–Kier alpha value is -3.07. The lowest BCUT2D eigenvalue weighted by Gasteiger charge is -2.31. The number of nitrogens with one attached hydrogen (secondary N) is 1. The van der Waals surface area contributed by atoms with Gasteiger partial charge in [-0.05, 0) is 17.7 Å². The van der Waals surface area contributed by atoms with E-state index < -0.39 is 0 Å². The highest BCUT2D eigenvalue weighted by atomic mass is 19.1. The van der Waals surface area contributed by atoms with Crippen LogP contribution >= 0.6 is 0 Å². The summed E-state index contributed by atoms with van der Waals surface area (Å²) < 4.78 is 19.1. The number of hydrogen-bond donors (Lipinski definition) is 1. The molecule has 2 bridgehead atoms. The van der Waals surface area contributed by atoms with Crippen LogP contribution in [0.4, 0.5) is 4.39 Å². The Morgan fingerprint density at radius 1 is 1.24 bits per heavy atom. The van der Waals surface area contributed by atoms with Gasteiger partial charge in [0.2, 0.25) is 5.91 Å². The molecule has 8 nitrogen and oxygen atoms in total. The summed E-state index contributed by atoms with van der Waals surface area (Å²) in [6, 6.07) is 5.69. The maximum atomic E-state index is 13.4. The first-order valence-corrected chi connectivity index (χ1v) is 9.45. The molecule has 2 atom stereocenters. The summed E-state index contributed by atoms with van der Waals surface area (Å²) in [5.74, 6) is -0.822. The molecule has 0 saturated carbocycles. The van der Waals surface area contributed by atoms with E-state index >= 15 is 0 Å². The number of ether oxygens (including phenoxy) is 1. The summed E-state index contributed by atoms with van der Waals surface area (Å²) >= 11 is 0. The van der Waals surface area contributed by atoms with Crippen molar-refractivity contribution in [2.75, 3.05) is 32.8 Å². The third kappa shape index (κ3) is 4.34. The van der Waals surface area contributed by atoms with E-state index in [0.717, 1.165) is 6.20 Å². The van der Waals surface area contributed by atoms with E-state index in [-0.39, 0.29) is 47.3 Å². The zero-order valence-corrected chi connectivity index (χ0v) is 15.7. The molecule has 1 N–H and O–H groups in total. The number of amides is 2. The van der Waals surface area contributed by atoms with Crippen molar-refractivity contribution in [3.05, 3.63) is 64.1 Å². The van der Waals surface area contributed by atoms with Crippen LogP contribution in [0.15, 0.2) is 41.5 Å². The smallest absolute Gasteiger partial charge is 0.274 e. The molecule has 0 spiro atoms. The van der Waals surface area contributed by atoms with Crippen molar-refractivity contribution in [2.45, 2.75) is 12.5 Å². The minimum absolute atomic E-state index is 0.0364. The number of nitrogens with zero attached hydrogens (tertiary/aromatic N) is 3. The van der Waals surface area contributed by atoms with Gasteiger partial charge in [-0.25, -0.2) is 9.37 Å². The van der Waals surface area contributed by atoms with Crippen LogP contribution < -0.4 is 5.56 Å². The second-order valence-electron chi connectivity index (χ2n) is 7.42. The van der Waals surface area contributed by atoms with Gasteiger partial charge < -0.3 is 19.5 Å². The van der Waals surface area contributed by atoms with Crippen molar-refractivity contribution in [1.29, 1.82) is 0 Å². The maximum Gasteiger partial charge on any atom is 0.274 e. The van der Waals surface area contributed by atoms with E-state index in [1.54, 1.807) is 21.9 Å². The fourth-order valence-corrected chi connectivity index (χ4v) is 3.83. The standard InChI is InChI=1S/C20H21FN4O4/c21-15-3-1-2-13(4-15)5-19(27)24-8-14-9-25(16(10-24)12-29-11-14)20(28)17-6-23-18(26)7-22-17/h1-4,6-7,14,16H,5,8-12H2,(H,23,26)/t14-,16-/m0/s1. The van der Waals surface area contributed by atoms with Crippen LogP contribution in [-0.2, 0) is 16.0 Å². The fourth-order valence-electron chi connectivity index (χ4n) is 3.83. The third-order valence-corrected chi connectivity index (χ3v) is 5.22. The molecule has 2 aliphatic rings. The number of aromatic nitrogens is 2. The molecule has 2 fully saturated rings. The number of carbonyl (C=O) groups excluding carboxylic acids is 2. The normalized spacial score (nSPS) is 21.6. The van der Waals surface area contributed by atoms with Crippen LogP contribution in [-0.4, -0.2) is 70.5 Å². The van der Waals surface area contributed by atoms with Gasteiger partial charge in [0.1, 0.15) is 11.5 Å². The van der Waals surface area contributed by atoms with E-state index in [0.29, 0.717) is 38.4 Å². The molecular formula is C20H21FN4O4. The third-order valence-electron chi connectivity index (χ3n) is 5.22. The average Bonchev–Trinajstić information content (AvgIpc) is 2.99. The Bertz CT molecular complexity index is 958. The summed E-state index contributed by atoms with van der Waals surface area (Å²) in [4.78, 5) is 46.8. The van der Waals surface area contributed by atoms with Gasteiger partial charge in [-0.15, -0.1) is 0 Å². The first kappa shape index (κ1) is 19.3. The topological polar surface area (TPSA) is 95.6 Å². The van der Waals surface area contributed by atoms with Crippen LogP contribution in [0.1, 0.15) is 16.1 Å². The van der Waals surface area contributed by atoms with Gasteiger partial charge in [0.15, 0.2) is 0 Å².